The van der Waals surface area contributed by atoms with Crippen LogP contribution in [-0.4, -0.2) is 56.9 Å². The van der Waals surface area contributed by atoms with Gasteiger partial charge in [-0.3, -0.25) is 0 Å². The van der Waals surface area contributed by atoms with Crippen molar-refractivity contribution >= 4 is 5.65 Å². The second-order valence-corrected chi connectivity index (χ2v) is 4.76. The third kappa shape index (κ3) is 2.40. The first kappa shape index (κ1) is 11.3. The SMILES string of the molecule is CN1CCC(COc2ccc3nnnn3n2)CC1. The molecule has 0 atom stereocenters. The average Bonchev–Trinajstić information content (AvgIpc) is 2.85. The van der Waals surface area contributed by atoms with Gasteiger partial charge in [-0.25, -0.2) is 0 Å². The van der Waals surface area contributed by atoms with Crippen molar-refractivity contribution in [3.63, 3.8) is 0 Å². The van der Waals surface area contributed by atoms with Gasteiger partial charge in [0.1, 0.15) is 0 Å². The predicted molar refractivity (Wildman–Crippen MR) is 64.3 cm³/mol. The molecule has 18 heavy (non-hydrogen) atoms. The van der Waals surface area contributed by atoms with Crippen LogP contribution in [0.3, 0.4) is 0 Å². The molecule has 96 valence electrons. The van der Waals surface area contributed by atoms with Crippen LogP contribution in [0.1, 0.15) is 12.8 Å². The summed E-state index contributed by atoms with van der Waals surface area (Å²) in [5.41, 5.74) is 0.627. The molecule has 3 heterocycles. The summed E-state index contributed by atoms with van der Waals surface area (Å²) in [4.78, 5) is 2.35. The fourth-order valence-corrected chi connectivity index (χ4v) is 2.14. The van der Waals surface area contributed by atoms with Crippen LogP contribution in [0.25, 0.3) is 5.65 Å². The number of fused-ring (bicyclic) bond motifs is 1. The molecule has 1 aliphatic rings. The largest absolute Gasteiger partial charge is 0.476 e. The first-order valence-corrected chi connectivity index (χ1v) is 6.18. The first-order chi connectivity index (χ1) is 8.81. The minimum absolute atomic E-state index is 0.578. The summed E-state index contributed by atoms with van der Waals surface area (Å²) in [6, 6.07) is 3.61. The molecule has 1 saturated heterocycles. The highest BCUT2D eigenvalue weighted by Gasteiger charge is 2.17. The van der Waals surface area contributed by atoms with Crippen molar-refractivity contribution in [1.82, 2.24) is 30.2 Å². The quantitative estimate of drug-likeness (QED) is 0.775. The van der Waals surface area contributed by atoms with E-state index in [1.54, 1.807) is 12.1 Å². The van der Waals surface area contributed by atoms with Gasteiger partial charge in [0, 0.05) is 6.07 Å². The zero-order valence-electron chi connectivity index (χ0n) is 10.4. The Labute approximate surface area is 105 Å². The summed E-state index contributed by atoms with van der Waals surface area (Å²) in [5, 5.41) is 15.3. The molecule has 0 saturated carbocycles. The van der Waals surface area contributed by atoms with Gasteiger partial charge in [-0.05, 0) is 55.4 Å². The Kier molecular flexibility index (Phi) is 3.06. The fraction of sp³-hybridized carbons (Fsp3) is 0.636. The normalized spacial score (nSPS) is 18.3. The molecule has 7 nitrogen and oxygen atoms in total. The molecule has 0 unspecified atom stereocenters. The number of aromatic nitrogens is 5. The maximum atomic E-state index is 5.71. The summed E-state index contributed by atoms with van der Waals surface area (Å²) in [6.45, 7) is 3.01. The Morgan fingerprint density at radius 2 is 2.17 bits per heavy atom. The molecule has 0 amide bonds. The van der Waals surface area contributed by atoms with Crippen LogP contribution in [-0.2, 0) is 0 Å². The number of nitrogens with zero attached hydrogens (tertiary/aromatic N) is 6. The van der Waals surface area contributed by atoms with Crippen molar-refractivity contribution in [3.8, 4) is 5.88 Å². The standard InChI is InChI=1S/C11H16N6O/c1-16-6-4-9(5-7-16)8-18-11-3-2-10-12-14-15-17(10)13-11/h2-3,9H,4-8H2,1H3. The number of likely N-dealkylation sites (tertiary alicyclic amines) is 1. The molecular weight excluding hydrogens is 232 g/mol. The number of ether oxygens (including phenoxy) is 1. The molecule has 0 N–H and O–H groups in total. The molecule has 1 aliphatic heterocycles. The van der Waals surface area contributed by atoms with Crippen LogP contribution >= 0.6 is 0 Å². The highest BCUT2D eigenvalue weighted by atomic mass is 16.5. The molecule has 7 heteroatoms. The van der Waals surface area contributed by atoms with E-state index in [4.69, 9.17) is 4.74 Å². The molecule has 0 spiro atoms. The minimum atomic E-state index is 0.578. The zero-order valence-corrected chi connectivity index (χ0v) is 10.4. The van der Waals surface area contributed by atoms with E-state index in [0.29, 0.717) is 24.1 Å². The lowest BCUT2D eigenvalue weighted by Gasteiger charge is -2.28. The predicted octanol–water partition coefficient (Wildman–Crippen LogP) is 0.240. The highest BCUT2D eigenvalue weighted by Crippen LogP contribution is 2.17. The molecule has 0 aliphatic carbocycles. The Morgan fingerprint density at radius 1 is 1.33 bits per heavy atom. The molecule has 2 aromatic rings. The van der Waals surface area contributed by atoms with Crippen LogP contribution in [0, 0.1) is 5.92 Å². The minimum Gasteiger partial charge on any atom is -0.476 e. The van der Waals surface area contributed by atoms with Crippen molar-refractivity contribution in [3.05, 3.63) is 12.1 Å². The molecule has 2 aromatic heterocycles. The van der Waals surface area contributed by atoms with E-state index >= 15 is 0 Å². The van der Waals surface area contributed by atoms with Crippen molar-refractivity contribution in [2.45, 2.75) is 12.8 Å². The second-order valence-electron chi connectivity index (χ2n) is 4.76. The number of tetrazole rings is 1. The van der Waals surface area contributed by atoms with Gasteiger partial charge in [0.15, 0.2) is 5.65 Å². The van der Waals surface area contributed by atoms with Crippen molar-refractivity contribution in [2.75, 3.05) is 26.7 Å². The molecule has 3 rings (SSSR count). The number of rotatable bonds is 3. The first-order valence-electron chi connectivity index (χ1n) is 6.18. The lowest BCUT2D eigenvalue weighted by molar-refractivity contribution is 0.156. The summed E-state index contributed by atoms with van der Waals surface area (Å²) in [6.07, 6.45) is 2.37. The maximum Gasteiger partial charge on any atom is 0.233 e. The van der Waals surface area contributed by atoms with Crippen LogP contribution in [0.2, 0.25) is 0 Å². The molecule has 0 bridgehead atoms. The van der Waals surface area contributed by atoms with Gasteiger partial charge >= 0.3 is 0 Å². The van der Waals surface area contributed by atoms with Gasteiger partial charge in [0.05, 0.1) is 6.61 Å². The van der Waals surface area contributed by atoms with E-state index in [-0.39, 0.29) is 0 Å². The van der Waals surface area contributed by atoms with E-state index < -0.39 is 0 Å². The molecule has 0 radical (unpaired) electrons. The Bertz CT molecular complexity index is 519. The van der Waals surface area contributed by atoms with Crippen molar-refractivity contribution < 1.29 is 4.74 Å². The van der Waals surface area contributed by atoms with Crippen molar-refractivity contribution in [2.24, 2.45) is 5.92 Å². The lowest BCUT2D eigenvalue weighted by atomic mass is 9.98. The fourth-order valence-electron chi connectivity index (χ4n) is 2.14. The van der Waals surface area contributed by atoms with E-state index in [1.165, 1.54) is 17.5 Å². The van der Waals surface area contributed by atoms with Crippen LogP contribution in [0.15, 0.2) is 12.1 Å². The number of piperidine rings is 1. The van der Waals surface area contributed by atoms with Crippen molar-refractivity contribution in [1.29, 1.82) is 0 Å². The summed E-state index contributed by atoms with van der Waals surface area (Å²) < 4.78 is 7.09. The van der Waals surface area contributed by atoms with Gasteiger partial charge < -0.3 is 9.64 Å². The molecular formula is C11H16N6O. The number of hydrogen-bond acceptors (Lipinski definition) is 6. The third-order valence-electron chi connectivity index (χ3n) is 3.35. The van der Waals surface area contributed by atoms with Gasteiger partial charge in [-0.1, -0.05) is 0 Å². The summed E-state index contributed by atoms with van der Waals surface area (Å²) in [7, 11) is 2.16. The van der Waals surface area contributed by atoms with Gasteiger partial charge in [0.25, 0.3) is 0 Å². The topological polar surface area (TPSA) is 68.4 Å². The highest BCUT2D eigenvalue weighted by molar-refractivity contribution is 5.34. The van der Waals surface area contributed by atoms with E-state index in [9.17, 15) is 0 Å². The maximum absolute atomic E-state index is 5.71. The van der Waals surface area contributed by atoms with E-state index in [1.807, 2.05) is 0 Å². The van der Waals surface area contributed by atoms with Crippen LogP contribution in [0.4, 0.5) is 0 Å². The zero-order chi connectivity index (χ0) is 12.4. The Hall–Kier alpha value is -1.76. The molecule has 1 fully saturated rings. The average molecular weight is 248 g/mol. The number of hydrogen-bond donors (Lipinski definition) is 0. The lowest BCUT2D eigenvalue weighted by Crippen LogP contribution is -2.32. The monoisotopic (exact) mass is 248 g/mol. The Morgan fingerprint density at radius 3 is 3.00 bits per heavy atom. The van der Waals surface area contributed by atoms with E-state index in [2.05, 4.69) is 32.6 Å². The third-order valence-corrected chi connectivity index (χ3v) is 3.35. The second kappa shape index (κ2) is 4.85. The van der Waals surface area contributed by atoms with Crippen LogP contribution < -0.4 is 4.74 Å². The Balaban J connectivity index is 1.59. The van der Waals surface area contributed by atoms with E-state index in [0.717, 1.165) is 13.1 Å². The van der Waals surface area contributed by atoms with Gasteiger partial charge in [-0.15, -0.1) is 14.8 Å². The van der Waals surface area contributed by atoms with Crippen LogP contribution in [0.5, 0.6) is 5.88 Å². The smallest absolute Gasteiger partial charge is 0.233 e. The van der Waals surface area contributed by atoms with Gasteiger partial charge in [-0.2, -0.15) is 0 Å². The summed E-state index contributed by atoms with van der Waals surface area (Å²) in [5.74, 6) is 1.20. The summed E-state index contributed by atoms with van der Waals surface area (Å²) >= 11 is 0. The molecule has 0 aromatic carbocycles. The van der Waals surface area contributed by atoms with Gasteiger partial charge in [0.2, 0.25) is 5.88 Å².